The molecule has 4 rings (SSSR count). The molecule has 1 aliphatic heterocycles. The fourth-order valence-corrected chi connectivity index (χ4v) is 5.22. The number of nitrogens with one attached hydrogen (secondary N) is 1. The number of piperidine rings is 1. The number of benzene rings is 2. The van der Waals surface area contributed by atoms with E-state index < -0.39 is 29.6 Å². The van der Waals surface area contributed by atoms with Crippen LogP contribution in [0.15, 0.2) is 48.5 Å². The highest BCUT2D eigenvalue weighted by Gasteiger charge is 2.46. The molecule has 2 aliphatic rings. The van der Waals surface area contributed by atoms with Crippen LogP contribution in [0.1, 0.15) is 43.2 Å². The van der Waals surface area contributed by atoms with Crippen LogP contribution in [0.5, 0.6) is 0 Å². The van der Waals surface area contributed by atoms with Gasteiger partial charge in [-0.1, -0.05) is 48.5 Å². The highest BCUT2D eigenvalue weighted by atomic mass is 16.5. The molecule has 2 amide bonds. The van der Waals surface area contributed by atoms with E-state index in [1.807, 2.05) is 36.4 Å². The van der Waals surface area contributed by atoms with Gasteiger partial charge in [0.1, 0.15) is 18.2 Å². The Hall–Kier alpha value is -3.39. The number of hydrogen-bond acceptors (Lipinski definition) is 5. The molecule has 1 heterocycles. The summed E-state index contributed by atoms with van der Waals surface area (Å²) in [5.41, 5.74) is 3.19. The Balaban J connectivity index is 1.47. The molecule has 2 unspecified atom stereocenters. The maximum Gasteiger partial charge on any atom is 0.407 e. The van der Waals surface area contributed by atoms with Gasteiger partial charge in [0.25, 0.3) is 0 Å². The second kappa shape index (κ2) is 10.1. The summed E-state index contributed by atoms with van der Waals surface area (Å²) in [7, 11) is 3.60. The van der Waals surface area contributed by atoms with Crippen molar-refractivity contribution < 1.29 is 24.2 Å². The number of hydrogen-bond donors (Lipinski definition) is 2. The zero-order chi connectivity index (χ0) is 25.2. The summed E-state index contributed by atoms with van der Waals surface area (Å²) in [6, 6.07) is 15.2. The lowest BCUT2D eigenvalue weighted by Gasteiger charge is -2.43. The minimum Gasteiger partial charge on any atom is -0.480 e. The number of carboxylic acid groups (broad SMARTS) is 1. The topological polar surface area (TPSA) is 99.2 Å². The van der Waals surface area contributed by atoms with Gasteiger partial charge in [-0.3, -0.25) is 4.79 Å². The summed E-state index contributed by atoms with van der Waals surface area (Å²) in [6.07, 6.45) is 1.16. The van der Waals surface area contributed by atoms with Crippen molar-refractivity contribution in [1.29, 1.82) is 0 Å². The first-order valence-corrected chi connectivity index (χ1v) is 12.0. The lowest BCUT2D eigenvalue weighted by Crippen LogP contribution is -2.63. The molecule has 35 heavy (non-hydrogen) atoms. The third kappa shape index (κ3) is 4.89. The number of carbonyl (C=O) groups excluding carboxylic acids is 2. The fraction of sp³-hybridized carbons (Fsp3) is 0.444. The van der Waals surface area contributed by atoms with Gasteiger partial charge in [-0.05, 0) is 62.5 Å². The smallest absolute Gasteiger partial charge is 0.407 e. The summed E-state index contributed by atoms with van der Waals surface area (Å²) in [5, 5.41) is 12.5. The number of likely N-dealkylation sites (N-methyl/N-ethyl adjacent to an activating group) is 1. The van der Waals surface area contributed by atoms with Crippen molar-refractivity contribution in [2.45, 2.75) is 43.7 Å². The Morgan fingerprint density at radius 1 is 1.09 bits per heavy atom. The van der Waals surface area contributed by atoms with Crippen molar-refractivity contribution >= 4 is 18.0 Å². The largest absolute Gasteiger partial charge is 0.480 e. The molecule has 2 aromatic rings. The van der Waals surface area contributed by atoms with Crippen molar-refractivity contribution in [2.75, 3.05) is 33.8 Å². The molecule has 0 spiro atoms. The molecule has 1 aliphatic carbocycles. The molecule has 0 aromatic heterocycles. The number of carboxylic acids is 1. The number of carbonyl (C=O) groups is 3. The maximum atomic E-state index is 13.4. The Morgan fingerprint density at radius 3 is 2.26 bits per heavy atom. The SMILES string of the molecule is CN(C)CC(NC(=O)OCC1c2ccccc2-c2ccccc21)C(=O)N1CCCCC1(C)C(=O)O. The molecule has 1 saturated heterocycles. The Kier molecular flexibility index (Phi) is 7.12. The van der Waals surface area contributed by atoms with Gasteiger partial charge in [-0.25, -0.2) is 9.59 Å². The number of rotatable bonds is 7. The molecular formula is C27H33N3O5. The molecule has 8 heteroatoms. The molecule has 186 valence electrons. The summed E-state index contributed by atoms with van der Waals surface area (Å²) in [4.78, 5) is 41.5. The highest BCUT2D eigenvalue weighted by Crippen LogP contribution is 2.44. The number of likely N-dealkylation sites (tertiary alicyclic amines) is 1. The Bertz CT molecular complexity index is 1070. The van der Waals surface area contributed by atoms with Gasteiger partial charge < -0.3 is 25.0 Å². The van der Waals surface area contributed by atoms with Gasteiger partial charge in [0, 0.05) is 19.0 Å². The van der Waals surface area contributed by atoms with Crippen LogP contribution in [0.4, 0.5) is 4.79 Å². The lowest BCUT2D eigenvalue weighted by molar-refractivity contribution is -0.162. The quantitative estimate of drug-likeness (QED) is 0.632. The van der Waals surface area contributed by atoms with E-state index in [1.54, 1.807) is 25.9 Å². The molecular weight excluding hydrogens is 446 g/mol. The maximum absolute atomic E-state index is 13.4. The second-order valence-corrected chi connectivity index (χ2v) is 9.81. The van der Waals surface area contributed by atoms with Gasteiger partial charge >= 0.3 is 12.1 Å². The lowest BCUT2D eigenvalue weighted by atomic mass is 9.87. The zero-order valence-electron chi connectivity index (χ0n) is 20.5. The van der Waals surface area contributed by atoms with Crippen LogP contribution in [-0.4, -0.2) is 78.2 Å². The first-order chi connectivity index (χ1) is 16.7. The van der Waals surface area contributed by atoms with Crippen LogP contribution in [0.2, 0.25) is 0 Å². The van der Waals surface area contributed by atoms with E-state index in [4.69, 9.17) is 4.74 Å². The van der Waals surface area contributed by atoms with Crippen LogP contribution in [0, 0.1) is 0 Å². The minimum atomic E-state index is -1.29. The van der Waals surface area contributed by atoms with Gasteiger partial charge in [0.15, 0.2) is 0 Å². The number of amides is 2. The van der Waals surface area contributed by atoms with Gasteiger partial charge in [-0.2, -0.15) is 0 Å². The minimum absolute atomic E-state index is 0.0893. The van der Waals surface area contributed by atoms with Gasteiger partial charge in [0.05, 0.1) is 0 Å². The second-order valence-electron chi connectivity index (χ2n) is 9.81. The average molecular weight is 480 g/mol. The average Bonchev–Trinajstić information content (AvgIpc) is 3.15. The van der Waals surface area contributed by atoms with E-state index in [1.165, 1.54) is 4.90 Å². The monoisotopic (exact) mass is 479 g/mol. The van der Waals surface area contributed by atoms with Crippen LogP contribution >= 0.6 is 0 Å². The third-order valence-electron chi connectivity index (χ3n) is 7.10. The van der Waals surface area contributed by atoms with Crippen LogP contribution < -0.4 is 5.32 Å². The number of nitrogens with zero attached hydrogens (tertiary/aromatic N) is 2. The molecule has 1 fully saturated rings. The fourth-order valence-electron chi connectivity index (χ4n) is 5.22. The molecule has 0 saturated carbocycles. The molecule has 0 bridgehead atoms. The molecule has 2 aromatic carbocycles. The summed E-state index contributed by atoms with van der Waals surface area (Å²) < 4.78 is 5.63. The summed E-state index contributed by atoms with van der Waals surface area (Å²) >= 11 is 0. The van der Waals surface area contributed by atoms with E-state index in [2.05, 4.69) is 17.4 Å². The Labute approximate surface area is 205 Å². The van der Waals surface area contributed by atoms with Crippen molar-refractivity contribution in [1.82, 2.24) is 15.1 Å². The third-order valence-corrected chi connectivity index (χ3v) is 7.10. The first kappa shape index (κ1) is 24.7. The predicted octanol–water partition coefficient (Wildman–Crippen LogP) is 3.31. The molecule has 2 N–H and O–H groups in total. The van der Waals surface area contributed by atoms with E-state index in [9.17, 15) is 19.5 Å². The van der Waals surface area contributed by atoms with Crippen molar-refractivity contribution in [3.05, 3.63) is 59.7 Å². The van der Waals surface area contributed by atoms with E-state index in [0.29, 0.717) is 13.0 Å². The van der Waals surface area contributed by atoms with Crippen LogP contribution in [0.25, 0.3) is 11.1 Å². The summed E-state index contributed by atoms with van der Waals surface area (Å²) in [6.45, 7) is 2.29. The van der Waals surface area contributed by atoms with Crippen molar-refractivity contribution in [3.63, 3.8) is 0 Å². The molecule has 0 radical (unpaired) electrons. The normalized spacial score (nSPS) is 20.2. The highest BCUT2D eigenvalue weighted by molar-refractivity contribution is 5.91. The standard InChI is InChI=1S/C27H33N3O5/c1-27(25(32)33)14-8-9-15-30(27)24(31)23(16-29(2)3)28-26(34)35-17-22-20-12-6-4-10-18(20)19-11-5-7-13-21(19)22/h4-7,10-13,22-23H,8-9,14-17H2,1-3H3,(H,28,34)(H,32,33). The van der Waals surface area contributed by atoms with Gasteiger partial charge in [-0.15, -0.1) is 0 Å². The number of fused-ring (bicyclic) bond motifs is 3. The van der Waals surface area contributed by atoms with E-state index >= 15 is 0 Å². The van der Waals surface area contributed by atoms with Crippen LogP contribution in [-0.2, 0) is 14.3 Å². The van der Waals surface area contributed by atoms with Crippen LogP contribution in [0.3, 0.4) is 0 Å². The number of alkyl carbamates (subject to hydrolysis) is 1. The number of aliphatic carboxylic acids is 1. The van der Waals surface area contributed by atoms with E-state index in [0.717, 1.165) is 35.1 Å². The number of ether oxygens (including phenoxy) is 1. The first-order valence-electron chi connectivity index (χ1n) is 12.0. The predicted molar refractivity (Wildman–Crippen MR) is 132 cm³/mol. The Morgan fingerprint density at radius 2 is 1.69 bits per heavy atom. The van der Waals surface area contributed by atoms with Crippen molar-refractivity contribution in [2.24, 2.45) is 0 Å². The van der Waals surface area contributed by atoms with Gasteiger partial charge in [0.2, 0.25) is 5.91 Å². The molecule has 8 nitrogen and oxygen atoms in total. The zero-order valence-corrected chi connectivity index (χ0v) is 20.5. The van der Waals surface area contributed by atoms with Crippen molar-refractivity contribution in [3.8, 4) is 11.1 Å². The van der Waals surface area contributed by atoms with E-state index in [-0.39, 0.29) is 19.1 Å². The molecule has 2 atom stereocenters. The summed E-state index contributed by atoms with van der Waals surface area (Å²) in [5.74, 6) is -1.53.